The van der Waals surface area contributed by atoms with E-state index in [1.165, 1.54) is 17.1 Å². The molecule has 0 unspecified atom stereocenters. The summed E-state index contributed by atoms with van der Waals surface area (Å²) in [5.41, 5.74) is 1.12. The van der Waals surface area contributed by atoms with Crippen LogP contribution in [0.2, 0.25) is 0 Å². The Bertz CT molecular complexity index is 562. The van der Waals surface area contributed by atoms with Gasteiger partial charge in [0, 0.05) is 25.7 Å². The van der Waals surface area contributed by atoms with Crippen molar-refractivity contribution < 1.29 is 8.42 Å². The van der Waals surface area contributed by atoms with E-state index < -0.39 is 10.0 Å². The Hall–Kier alpha value is -1.17. The maximum Gasteiger partial charge on any atom is 0.243 e. The Kier molecular flexibility index (Phi) is 5.56. The Morgan fingerprint density at radius 1 is 1.33 bits per heavy atom. The van der Waals surface area contributed by atoms with Gasteiger partial charge in [-0.1, -0.05) is 25.1 Å². The molecular formula is C16H24N2O2S. The van der Waals surface area contributed by atoms with Crippen LogP contribution in [-0.4, -0.2) is 31.9 Å². The summed E-state index contributed by atoms with van der Waals surface area (Å²) in [5, 5.41) is 3.42. The molecule has 0 bridgehead atoms. The second-order valence-electron chi connectivity index (χ2n) is 5.45. The average Bonchev–Trinajstić information content (AvgIpc) is 3.29. The zero-order valence-electron chi connectivity index (χ0n) is 12.6. The first-order valence-electron chi connectivity index (χ1n) is 7.51. The van der Waals surface area contributed by atoms with Gasteiger partial charge in [0.2, 0.25) is 10.0 Å². The molecule has 0 saturated heterocycles. The molecule has 1 aliphatic carbocycles. The standard InChI is InChI=1S/C16H24N2O2S/c1-3-11-18(12-4-2)21(19,20)16-9-5-14(6-10-16)13-17-15-7-8-15/h3,5-6,9-10,15,17H,1,4,7-8,11-13H2,2H3. The Morgan fingerprint density at radius 3 is 2.52 bits per heavy atom. The fourth-order valence-electron chi connectivity index (χ4n) is 2.18. The van der Waals surface area contributed by atoms with Gasteiger partial charge in [-0.25, -0.2) is 8.42 Å². The average molecular weight is 308 g/mol. The number of nitrogens with one attached hydrogen (secondary N) is 1. The number of benzene rings is 1. The number of nitrogens with zero attached hydrogens (tertiary/aromatic N) is 1. The van der Waals surface area contributed by atoms with Crippen molar-refractivity contribution in [2.45, 2.75) is 43.7 Å². The highest BCUT2D eigenvalue weighted by molar-refractivity contribution is 7.89. The van der Waals surface area contributed by atoms with Crippen LogP contribution in [0.25, 0.3) is 0 Å². The fourth-order valence-corrected chi connectivity index (χ4v) is 3.68. The third-order valence-corrected chi connectivity index (χ3v) is 5.42. The van der Waals surface area contributed by atoms with Gasteiger partial charge in [0.25, 0.3) is 0 Å². The third-order valence-electron chi connectivity index (χ3n) is 3.54. The highest BCUT2D eigenvalue weighted by Gasteiger charge is 2.23. The van der Waals surface area contributed by atoms with Crippen LogP contribution in [0.5, 0.6) is 0 Å². The monoisotopic (exact) mass is 308 g/mol. The van der Waals surface area contributed by atoms with Crippen LogP contribution in [0.4, 0.5) is 0 Å². The number of hydrogen-bond acceptors (Lipinski definition) is 3. The minimum absolute atomic E-state index is 0.348. The van der Waals surface area contributed by atoms with Gasteiger partial charge >= 0.3 is 0 Å². The quantitative estimate of drug-likeness (QED) is 0.713. The highest BCUT2D eigenvalue weighted by Crippen LogP contribution is 2.20. The maximum atomic E-state index is 12.6. The van der Waals surface area contributed by atoms with Crippen molar-refractivity contribution in [2.24, 2.45) is 0 Å². The molecule has 1 aliphatic rings. The number of hydrogen-bond donors (Lipinski definition) is 1. The molecule has 116 valence electrons. The van der Waals surface area contributed by atoms with E-state index in [0.717, 1.165) is 18.5 Å². The third kappa shape index (κ3) is 4.40. The SMILES string of the molecule is C=CCN(CCC)S(=O)(=O)c1ccc(CNC2CC2)cc1. The zero-order chi connectivity index (χ0) is 15.3. The minimum atomic E-state index is -3.42. The van der Waals surface area contributed by atoms with E-state index in [4.69, 9.17) is 0 Å². The van der Waals surface area contributed by atoms with Gasteiger partial charge in [-0.2, -0.15) is 4.31 Å². The molecule has 1 saturated carbocycles. The predicted octanol–water partition coefficient (Wildman–Crippen LogP) is 2.53. The molecule has 2 rings (SSSR count). The largest absolute Gasteiger partial charge is 0.310 e. The molecule has 1 N–H and O–H groups in total. The summed E-state index contributed by atoms with van der Waals surface area (Å²) in [5.74, 6) is 0. The van der Waals surface area contributed by atoms with Crippen molar-refractivity contribution >= 4 is 10.0 Å². The molecule has 1 aromatic carbocycles. The first kappa shape index (κ1) is 16.2. The molecular weight excluding hydrogens is 284 g/mol. The smallest absolute Gasteiger partial charge is 0.243 e. The highest BCUT2D eigenvalue weighted by atomic mass is 32.2. The Balaban J connectivity index is 2.08. The molecule has 0 heterocycles. The van der Waals surface area contributed by atoms with Crippen LogP contribution in [0.3, 0.4) is 0 Å². The summed E-state index contributed by atoms with van der Waals surface area (Å²) in [6, 6.07) is 7.83. The van der Waals surface area contributed by atoms with E-state index in [-0.39, 0.29) is 0 Å². The van der Waals surface area contributed by atoms with Gasteiger partial charge in [0.05, 0.1) is 4.90 Å². The molecule has 0 spiro atoms. The van der Waals surface area contributed by atoms with Crippen molar-refractivity contribution in [3.8, 4) is 0 Å². The van der Waals surface area contributed by atoms with E-state index in [1.807, 2.05) is 19.1 Å². The second kappa shape index (κ2) is 7.20. The summed E-state index contributed by atoms with van der Waals surface area (Å²) < 4.78 is 26.6. The van der Waals surface area contributed by atoms with Gasteiger partial charge in [-0.05, 0) is 37.0 Å². The first-order chi connectivity index (χ1) is 10.1. The summed E-state index contributed by atoms with van der Waals surface area (Å²) in [7, 11) is -3.42. The maximum absolute atomic E-state index is 12.6. The van der Waals surface area contributed by atoms with Gasteiger partial charge in [-0.3, -0.25) is 0 Å². The molecule has 1 fully saturated rings. The summed E-state index contributed by atoms with van der Waals surface area (Å²) in [6.45, 7) is 7.27. The molecule has 4 nitrogen and oxygen atoms in total. The van der Waals surface area contributed by atoms with Crippen LogP contribution in [0.15, 0.2) is 41.8 Å². The fraction of sp³-hybridized carbons (Fsp3) is 0.500. The van der Waals surface area contributed by atoms with Gasteiger partial charge < -0.3 is 5.32 Å². The molecule has 0 radical (unpaired) electrons. The number of sulfonamides is 1. The lowest BCUT2D eigenvalue weighted by atomic mass is 10.2. The summed E-state index contributed by atoms with van der Waals surface area (Å²) >= 11 is 0. The van der Waals surface area contributed by atoms with Gasteiger partial charge in [0.1, 0.15) is 0 Å². The molecule has 0 amide bonds. The lowest BCUT2D eigenvalue weighted by molar-refractivity contribution is 0.441. The Morgan fingerprint density at radius 2 is 2.00 bits per heavy atom. The molecule has 5 heteroatoms. The van der Waals surface area contributed by atoms with Crippen molar-refractivity contribution in [3.05, 3.63) is 42.5 Å². The van der Waals surface area contributed by atoms with Gasteiger partial charge in [0.15, 0.2) is 0 Å². The van der Waals surface area contributed by atoms with E-state index in [1.54, 1.807) is 18.2 Å². The molecule has 21 heavy (non-hydrogen) atoms. The van der Waals surface area contributed by atoms with Crippen molar-refractivity contribution in [3.63, 3.8) is 0 Å². The minimum Gasteiger partial charge on any atom is -0.310 e. The van der Waals surface area contributed by atoms with E-state index in [2.05, 4.69) is 11.9 Å². The van der Waals surface area contributed by atoms with E-state index in [0.29, 0.717) is 24.0 Å². The van der Waals surface area contributed by atoms with Crippen LogP contribution in [-0.2, 0) is 16.6 Å². The number of rotatable bonds is 9. The molecule has 0 aromatic heterocycles. The normalized spacial score (nSPS) is 15.3. The van der Waals surface area contributed by atoms with E-state index in [9.17, 15) is 8.42 Å². The lowest BCUT2D eigenvalue weighted by Gasteiger charge is -2.20. The van der Waals surface area contributed by atoms with Crippen LogP contribution < -0.4 is 5.32 Å². The van der Waals surface area contributed by atoms with Crippen LogP contribution >= 0.6 is 0 Å². The van der Waals surface area contributed by atoms with Crippen molar-refractivity contribution in [1.29, 1.82) is 0 Å². The molecule has 0 atom stereocenters. The van der Waals surface area contributed by atoms with E-state index >= 15 is 0 Å². The predicted molar refractivity (Wildman–Crippen MR) is 85.6 cm³/mol. The molecule has 1 aromatic rings. The topological polar surface area (TPSA) is 49.4 Å². The van der Waals surface area contributed by atoms with Crippen molar-refractivity contribution in [2.75, 3.05) is 13.1 Å². The zero-order valence-corrected chi connectivity index (χ0v) is 13.4. The molecule has 0 aliphatic heterocycles. The van der Waals surface area contributed by atoms with Crippen LogP contribution in [0, 0.1) is 0 Å². The Labute approximate surface area is 127 Å². The summed E-state index contributed by atoms with van der Waals surface area (Å²) in [4.78, 5) is 0.355. The van der Waals surface area contributed by atoms with Gasteiger partial charge in [-0.15, -0.1) is 6.58 Å². The first-order valence-corrected chi connectivity index (χ1v) is 8.95. The second-order valence-corrected chi connectivity index (χ2v) is 7.39. The summed E-state index contributed by atoms with van der Waals surface area (Å²) in [6.07, 6.45) is 4.91. The van der Waals surface area contributed by atoms with Crippen LogP contribution in [0.1, 0.15) is 31.7 Å². The lowest BCUT2D eigenvalue weighted by Crippen LogP contribution is -2.32. The van der Waals surface area contributed by atoms with Crippen molar-refractivity contribution in [1.82, 2.24) is 9.62 Å².